The van der Waals surface area contributed by atoms with Gasteiger partial charge in [0, 0.05) is 6.54 Å². The van der Waals surface area contributed by atoms with Gasteiger partial charge in [0.1, 0.15) is 12.4 Å². The van der Waals surface area contributed by atoms with Gasteiger partial charge in [0.15, 0.2) is 0 Å². The molecular weight excluding hydrogens is 392 g/mol. The highest BCUT2D eigenvalue weighted by molar-refractivity contribution is 9.11. The van der Waals surface area contributed by atoms with Gasteiger partial charge in [0.25, 0.3) is 0 Å². The van der Waals surface area contributed by atoms with Crippen LogP contribution in [0.15, 0.2) is 33.6 Å². The molecule has 1 heterocycles. The molecule has 0 spiro atoms. The van der Waals surface area contributed by atoms with Crippen LogP contribution in [0.4, 0.5) is 0 Å². The molecule has 7 heteroatoms. The van der Waals surface area contributed by atoms with Gasteiger partial charge in [0.2, 0.25) is 0 Å². The van der Waals surface area contributed by atoms with Gasteiger partial charge in [-0.15, -0.1) is 0 Å². The predicted molar refractivity (Wildman–Crippen MR) is 81.0 cm³/mol. The molecule has 0 saturated heterocycles. The van der Waals surface area contributed by atoms with E-state index in [1.807, 2.05) is 11.5 Å². The zero-order valence-electron chi connectivity index (χ0n) is 10.6. The Hall–Kier alpha value is -1.34. The molecule has 5 nitrogen and oxygen atoms in total. The summed E-state index contributed by atoms with van der Waals surface area (Å²) in [6.45, 7) is 3.20. The molecule has 2 aromatic rings. The quantitative estimate of drug-likeness (QED) is 0.826. The number of halogens is 2. The molecule has 1 aromatic carbocycles. The molecule has 20 heavy (non-hydrogen) atoms. The first-order valence-corrected chi connectivity index (χ1v) is 7.45. The maximum atomic E-state index is 11.0. The second-order valence-corrected chi connectivity index (χ2v) is 5.74. The molecule has 0 atom stereocenters. The number of aryl methyl sites for hydroxylation is 1. The predicted octanol–water partition coefficient (Wildman–Crippen LogP) is 3.71. The Morgan fingerprint density at radius 3 is 2.60 bits per heavy atom. The number of benzene rings is 1. The number of aromatic carboxylic acids is 1. The summed E-state index contributed by atoms with van der Waals surface area (Å²) in [6.07, 6.45) is 3.49. The zero-order chi connectivity index (χ0) is 14.7. The van der Waals surface area contributed by atoms with Crippen molar-refractivity contribution in [3.63, 3.8) is 0 Å². The smallest absolute Gasteiger partial charge is 0.335 e. The number of rotatable bonds is 5. The lowest BCUT2D eigenvalue weighted by Gasteiger charge is -2.12. The Morgan fingerprint density at radius 2 is 2.05 bits per heavy atom. The average molecular weight is 404 g/mol. The molecule has 0 bridgehead atoms. The second-order valence-electron chi connectivity index (χ2n) is 4.03. The minimum absolute atomic E-state index is 0.190. The number of aromatic nitrogens is 2. The monoisotopic (exact) mass is 402 g/mol. The molecule has 0 aliphatic heterocycles. The number of nitrogens with zero attached hydrogens (tertiary/aromatic N) is 2. The number of imidazole rings is 1. The summed E-state index contributed by atoms with van der Waals surface area (Å²) in [4.78, 5) is 15.0. The Labute approximate surface area is 132 Å². The van der Waals surface area contributed by atoms with Crippen LogP contribution in [-0.4, -0.2) is 20.6 Å². The number of carboxylic acids is 1. The number of ether oxygens (including phenoxy) is 1. The third-order valence-electron chi connectivity index (χ3n) is 2.75. The SMILES string of the molecule is CCn1cncc1COc1c(Br)cc(C(=O)O)cc1Br. The van der Waals surface area contributed by atoms with Crippen molar-refractivity contribution in [2.75, 3.05) is 0 Å². The van der Waals surface area contributed by atoms with Gasteiger partial charge in [-0.05, 0) is 50.9 Å². The fraction of sp³-hybridized carbons (Fsp3) is 0.231. The van der Waals surface area contributed by atoms with E-state index >= 15 is 0 Å². The molecule has 0 saturated carbocycles. The Bertz CT molecular complexity index is 617. The lowest BCUT2D eigenvalue weighted by atomic mass is 10.2. The molecule has 0 aliphatic carbocycles. The number of hydrogen-bond acceptors (Lipinski definition) is 3. The van der Waals surface area contributed by atoms with Gasteiger partial charge >= 0.3 is 5.97 Å². The van der Waals surface area contributed by atoms with Crippen LogP contribution in [0.2, 0.25) is 0 Å². The third kappa shape index (κ3) is 3.21. The van der Waals surface area contributed by atoms with Crippen LogP contribution in [0.25, 0.3) is 0 Å². The van der Waals surface area contributed by atoms with E-state index in [2.05, 4.69) is 36.8 Å². The van der Waals surface area contributed by atoms with E-state index in [0.29, 0.717) is 21.3 Å². The molecule has 1 N–H and O–H groups in total. The van der Waals surface area contributed by atoms with E-state index in [1.165, 1.54) is 12.1 Å². The Morgan fingerprint density at radius 1 is 1.40 bits per heavy atom. The van der Waals surface area contributed by atoms with Crippen molar-refractivity contribution in [3.05, 3.63) is 44.9 Å². The maximum absolute atomic E-state index is 11.0. The van der Waals surface area contributed by atoms with Gasteiger partial charge in [0.05, 0.1) is 32.7 Å². The first kappa shape index (κ1) is 15.1. The van der Waals surface area contributed by atoms with E-state index in [4.69, 9.17) is 9.84 Å². The van der Waals surface area contributed by atoms with Crippen LogP contribution in [0.5, 0.6) is 5.75 Å². The molecule has 0 radical (unpaired) electrons. The number of carboxylic acid groups (broad SMARTS) is 1. The lowest BCUT2D eigenvalue weighted by molar-refractivity contribution is 0.0696. The third-order valence-corrected chi connectivity index (χ3v) is 3.93. The van der Waals surface area contributed by atoms with Gasteiger partial charge in [-0.25, -0.2) is 9.78 Å². The van der Waals surface area contributed by atoms with Gasteiger partial charge < -0.3 is 14.4 Å². The molecule has 1 aromatic heterocycles. The summed E-state index contributed by atoms with van der Waals surface area (Å²) in [7, 11) is 0. The van der Waals surface area contributed by atoms with E-state index in [0.717, 1.165) is 12.2 Å². The Kier molecular flexibility index (Phi) is 4.82. The highest BCUT2D eigenvalue weighted by atomic mass is 79.9. The van der Waals surface area contributed by atoms with Crippen LogP contribution in [0.3, 0.4) is 0 Å². The van der Waals surface area contributed by atoms with Crippen LogP contribution in [-0.2, 0) is 13.2 Å². The first-order valence-electron chi connectivity index (χ1n) is 5.87. The summed E-state index contributed by atoms with van der Waals surface area (Å²) in [6, 6.07) is 3.03. The summed E-state index contributed by atoms with van der Waals surface area (Å²) in [5.41, 5.74) is 1.14. The largest absolute Gasteiger partial charge is 0.485 e. The molecule has 0 amide bonds. The normalized spacial score (nSPS) is 10.6. The van der Waals surface area contributed by atoms with E-state index in [1.54, 1.807) is 12.5 Å². The maximum Gasteiger partial charge on any atom is 0.335 e. The van der Waals surface area contributed by atoms with Gasteiger partial charge in [-0.3, -0.25) is 0 Å². The minimum atomic E-state index is -0.984. The van der Waals surface area contributed by atoms with E-state index in [-0.39, 0.29) is 5.56 Å². The fourth-order valence-electron chi connectivity index (χ4n) is 1.72. The van der Waals surface area contributed by atoms with Crippen molar-refractivity contribution in [2.24, 2.45) is 0 Å². The van der Waals surface area contributed by atoms with Crippen LogP contribution in [0, 0.1) is 0 Å². The molecule has 106 valence electrons. The highest BCUT2D eigenvalue weighted by Gasteiger charge is 2.13. The molecule has 0 fully saturated rings. The van der Waals surface area contributed by atoms with Gasteiger partial charge in [-0.2, -0.15) is 0 Å². The summed E-state index contributed by atoms with van der Waals surface area (Å²) >= 11 is 6.65. The summed E-state index contributed by atoms with van der Waals surface area (Å²) < 4.78 is 8.90. The zero-order valence-corrected chi connectivity index (χ0v) is 13.8. The second kappa shape index (κ2) is 6.41. The minimum Gasteiger partial charge on any atom is -0.485 e. The molecule has 0 unspecified atom stereocenters. The van der Waals surface area contributed by atoms with Crippen molar-refractivity contribution in [2.45, 2.75) is 20.1 Å². The number of hydrogen-bond donors (Lipinski definition) is 1. The van der Waals surface area contributed by atoms with E-state index < -0.39 is 5.97 Å². The standard InChI is InChI=1S/C13H12Br2N2O3/c1-2-17-7-16-5-9(17)6-20-12-10(14)3-8(13(18)19)4-11(12)15/h3-5,7H,2,6H2,1H3,(H,18,19). The lowest BCUT2D eigenvalue weighted by Crippen LogP contribution is -2.05. The van der Waals surface area contributed by atoms with Crippen LogP contribution in [0.1, 0.15) is 23.0 Å². The molecule has 2 rings (SSSR count). The average Bonchev–Trinajstić information content (AvgIpc) is 2.84. The summed E-state index contributed by atoms with van der Waals surface area (Å²) in [5, 5.41) is 8.98. The summed E-state index contributed by atoms with van der Waals surface area (Å²) in [5.74, 6) is -0.416. The van der Waals surface area contributed by atoms with Crippen molar-refractivity contribution in [1.82, 2.24) is 9.55 Å². The van der Waals surface area contributed by atoms with Crippen molar-refractivity contribution in [3.8, 4) is 5.75 Å². The van der Waals surface area contributed by atoms with E-state index in [9.17, 15) is 4.79 Å². The van der Waals surface area contributed by atoms with Crippen LogP contribution < -0.4 is 4.74 Å². The van der Waals surface area contributed by atoms with Crippen molar-refractivity contribution >= 4 is 37.8 Å². The Balaban J connectivity index is 2.20. The number of carbonyl (C=O) groups is 1. The first-order chi connectivity index (χ1) is 9.52. The molecular formula is C13H12Br2N2O3. The van der Waals surface area contributed by atoms with Crippen molar-refractivity contribution < 1.29 is 14.6 Å². The fourth-order valence-corrected chi connectivity index (χ4v) is 3.14. The van der Waals surface area contributed by atoms with Gasteiger partial charge in [-0.1, -0.05) is 0 Å². The topological polar surface area (TPSA) is 64.4 Å². The highest BCUT2D eigenvalue weighted by Crippen LogP contribution is 2.35. The molecule has 0 aliphatic rings. The van der Waals surface area contributed by atoms with Crippen LogP contribution >= 0.6 is 31.9 Å². The van der Waals surface area contributed by atoms with Crippen molar-refractivity contribution in [1.29, 1.82) is 0 Å².